The first-order valence-corrected chi connectivity index (χ1v) is 5.96. The van der Waals surface area contributed by atoms with Gasteiger partial charge in [0, 0.05) is 18.7 Å². The highest BCUT2D eigenvalue weighted by Gasteiger charge is 2.14. The molecular formula is C14H14N2O3. The summed E-state index contributed by atoms with van der Waals surface area (Å²) in [6.45, 7) is 2.49. The molecule has 5 heteroatoms. The fraction of sp³-hybridized carbons (Fsp3) is 0.143. The zero-order valence-corrected chi connectivity index (χ0v) is 10.5. The largest absolute Gasteiger partial charge is 0.457 e. The van der Waals surface area contributed by atoms with Gasteiger partial charge in [0.1, 0.15) is 17.2 Å². The molecule has 0 saturated heterocycles. The predicted octanol–water partition coefficient (Wildman–Crippen LogP) is 3.82. The molecule has 0 unspecified atom stereocenters. The van der Waals surface area contributed by atoms with Crippen LogP contribution in [0.2, 0.25) is 0 Å². The van der Waals surface area contributed by atoms with Crippen LogP contribution in [0.4, 0.5) is 11.4 Å². The van der Waals surface area contributed by atoms with Crippen molar-refractivity contribution in [3.63, 3.8) is 0 Å². The number of nitro benzene ring substituents is 1. The minimum atomic E-state index is -0.412. The molecule has 5 nitrogen and oxygen atoms in total. The molecule has 0 amide bonds. The second kappa shape index (κ2) is 5.86. The van der Waals surface area contributed by atoms with Gasteiger partial charge in [-0.1, -0.05) is 18.2 Å². The first-order chi connectivity index (χ1) is 9.20. The van der Waals surface area contributed by atoms with Gasteiger partial charge in [-0.2, -0.15) is 0 Å². The average molecular weight is 258 g/mol. The van der Waals surface area contributed by atoms with Gasteiger partial charge >= 0.3 is 0 Å². The SMILES string of the molecule is CCNc1cc(Oc2ccccc2)ccc1[N+](=O)[O-]. The van der Waals surface area contributed by atoms with E-state index in [-0.39, 0.29) is 5.69 Å². The topological polar surface area (TPSA) is 64.4 Å². The van der Waals surface area contributed by atoms with Crippen molar-refractivity contribution in [3.8, 4) is 11.5 Å². The van der Waals surface area contributed by atoms with Gasteiger partial charge in [0.25, 0.3) is 5.69 Å². The molecule has 0 radical (unpaired) electrons. The lowest BCUT2D eigenvalue weighted by Crippen LogP contribution is -2.01. The third-order valence-corrected chi connectivity index (χ3v) is 2.51. The monoisotopic (exact) mass is 258 g/mol. The number of rotatable bonds is 5. The van der Waals surface area contributed by atoms with Crippen LogP contribution in [0, 0.1) is 10.1 Å². The molecule has 1 N–H and O–H groups in total. The second-order valence-electron chi connectivity index (χ2n) is 3.88. The summed E-state index contributed by atoms with van der Waals surface area (Å²) in [6, 6.07) is 13.9. The van der Waals surface area contributed by atoms with Gasteiger partial charge in [0.05, 0.1) is 4.92 Å². The molecule has 0 aliphatic rings. The number of anilines is 1. The van der Waals surface area contributed by atoms with Gasteiger partial charge in [-0.25, -0.2) is 0 Å². The van der Waals surface area contributed by atoms with Crippen LogP contribution in [0.25, 0.3) is 0 Å². The molecule has 2 aromatic carbocycles. The fourth-order valence-electron chi connectivity index (χ4n) is 1.69. The normalized spacial score (nSPS) is 9.95. The first kappa shape index (κ1) is 12.9. The highest BCUT2D eigenvalue weighted by Crippen LogP contribution is 2.31. The van der Waals surface area contributed by atoms with Gasteiger partial charge < -0.3 is 10.1 Å². The van der Waals surface area contributed by atoms with E-state index in [1.165, 1.54) is 6.07 Å². The van der Waals surface area contributed by atoms with Gasteiger partial charge in [0.2, 0.25) is 0 Å². The molecule has 0 bridgehead atoms. The fourth-order valence-corrected chi connectivity index (χ4v) is 1.69. The Morgan fingerprint density at radius 2 is 1.89 bits per heavy atom. The molecule has 2 aromatic rings. The van der Waals surface area contributed by atoms with Gasteiger partial charge in [0.15, 0.2) is 0 Å². The van der Waals surface area contributed by atoms with E-state index in [1.807, 2.05) is 37.3 Å². The van der Waals surface area contributed by atoms with Gasteiger partial charge in [-0.3, -0.25) is 10.1 Å². The molecule has 0 fully saturated rings. The third kappa shape index (κ3) is 3.22. The zero-order chi connectivity index (χ0) is 13.7. The number of hydrogen-bond donors (Lipinski definition) is 1. The van der Waals surface area contributed by atoms with Crippen molar-refractivity contribution < 1.29 is 9.66 Å². The highest BCUT2D eigenvalue weighted by molar-refractivity contribution is 5.64. The Bertz CT molecular complexity index is 570. The molecule has 0 aliphatic heterocycles. The minimum Gasteiger partial charge on any atom is -0.457 e. The molecule has 98 valence electrons. The Balaban J connectivity index is 2.27. The molecule has 0 atom stereocenters. The highest BCUT2D eigenvalue weighted by atomic mass is 16.6. The van der Waals surface area contributed by atoms with Crippen LogP contribution < -0.4 is 10.1 Å². The lowest BCUT2D eigenvalue weighted by Gasteiger charge is -2.09. The Morgan fingerprint density at radius 3 is 2.53 bits per heavy atom. The van der Waals surface area contributed by atoms with Crippen LogP contribution in [0.1, 0.15) is 6.92 Å². The molecule has 0 aromatic heterocycles. The van der Waals surface area contributed by atoms with E-state index in [4.69, 9.17) is 4.74 Å². The zero-order valence-electron chi connectivity index (χ0n) is 10.5. The summed E-state index contributed by atoms with van der Waals surface area (Å²) >= 11 is 0. The summed E-state index contributed by atoms with van der Waals surface area (Å²) in [5, 5.41) is 13.9. The first-order valence-electron chi connectivity index (χ1n) is 5.96. The second-order valence-corrected chi connectivity index (χ2v) is 3.88. The third-order valence-electron chi connectivity index (χ3n) is 2.51. The summed E-state index contributed by atoms with van der Waals surface area (Å²) in [7, 11) is 0. The maximum Gasteiger partial charge on any atom is 0.292 e. The van der Waals surface area contributed by atoms with Crippen molar-refractivity contribution in [1.29, 1.82) is 0 Å². The minimum absolute atomic E-state index is 0.0438. The number of nitrogens with one attached hydrogen (secondary N) is 1. The molecule has 0 heterocycles. The van der Waals surface area contributed by atoms with E-state index in [0.717, 1.165) is 0 Å². The molecule has 0 saturated carbocycles. The molecule has 2 rings (SSSR count). The molecule has 19 heavy (non-hydrogen) atoms. The number of para-hydroxylation sites is 1. The lowest BCUT2D eigenvalue weighted by atomic mass is 10.2. The van der Waals surface area contributed by atoms with Gasteiger partial charge in [-0.15, -0.1) is 0 Å². The molecule has 0 spiro atoms. The molecular weight excluding hydrogens is 244 g/mol. The van der Waals surface area contributed by atoms with Crippen molar-refractivity contribution in [2.24, 2.45) is 0 Å². The molecule has 0 aliphatic carbocycles. The van der Waals surface area contributed by atoms with E-state index < -0.39 is 4.92 Å². The maximum atomic E-state index is 10.9. The van der Waals surface area contributed by atoms with E-state index in [9.17, 15) is 10.1 Å². The van der Waals surface area contributed by atoms with Crippen molar-refractivity contribution in [2.45, 2.75) is 6.92 Å². The number of benzene rings is 2. The van der Waals surface area contributed by atoms with E-state index in [1.54, 1.807) is 12.1 Å². The van der Waals surface area contributed by atoms with Gasteiger partial charge in [-0.05, 0) is 25.1 Å². The average Bonchev–Trinajstić information content (AvgIpc) is 2.40. The Labute approximate surface area is 111 Å². The predicted molar refractivity (Wildman–Crippen MR) is 73.8 cm³/mol. The summed E-state index contributed by atoms with van der Waals surface area (Å²) < 4.78 is 5.64. The number of nitrogens with zero attached hydrogens (tertiary/aromatic N) is 1. The number of hydrogen-bond acceptors (Lipinski definition) is 4. The Kier molecular flexibility index (Phi) is 3.97. The van der Waals surface area contributed by atoms with Crippen molar-refractivity contribution in [1.82, 2.24) is 0 Å². The van der Waals surface area contributed by atoms with E-state index in [2.05, 4.69) is 5.32 Å². The van der Waals surface area contributed by atoms with E-state index in [0.29, 0.717) is 23.7 Å². The van der Waals surface area contributed by atoms with Crippen LogP contribution >= 0.6 is 0 Å². The number of nitro groups is 1. The quantitative estimate of drug-likeness (QED) is 0.654. The standard InChI is InChI=1S/C14H14N2O3/c1-2-15-13-10-12(8-9-14(13)16(17)18)19-11-6-4-3-5-7-11/h3-10,15H,2H2,1H3. The Morgan fingerprint density at radius 1 is 1.16 bits per heavy atom. The summed E-state index contributed by atoms with van der Waals surface area (Å²) in [5.74, 6) is 1.26. The maximum absolute atomic E-state index is 10.9. The van der Waals surface area contributed by atoms with Crippen molar-refractivity contribution in [3.05, 3.63) is 58.6 Å². The van der Waals surface area contributed by atoms with Crippen LogP contribution in [0.15, 0.2) is 48.5 Å². The van der Waals surface area contributed by atoms with Crippen LogP contribution in [0.5, 0.6) is 11.5 Å². The number of ether oxygens (including phenoxy) is 1. The van der Waals surface area contributed by atoms with Crippen LogP contribution in [-0.2, 0) is 0 Å². The lowest BCUT2D eigenvalue weighted by molar-refractivity contribution is -0.384. The summed E-state index contributed by atoms with van der Waals surface area (Å²) in [6.07, 6.45) is 0. The van der Waals surface area contributed by atoms with Crippen LogP contribution in [-0.4, -0.2) is 11.5 Å². The summed E-state index contributed by atoms with van der Waals surface area (Å²) in [4.78, 5) is 10.5. The van der Waals surface area contributed by atoms with Crippen molar-refractivity contribution >= 4 is 11.4 Å². The smallest absolute Gasteiger partial charge is 0.292 e. The summed E-state index contributed by atoms with van der Waals surface area (Å²) in [5.41, 5.74) is 0.503. The van der Waals surface area contributed by atoms with E-state index >= 15 is 0 Å². The Hall–Kier alpha value is -2.56. The van der Waals surface area contributed by atoms with Crippen molar-refractivity contribution in [2.75, 3.05) is 11.9 Å². The van der Waals surface area contributed by atoms with Crippen LogP contribution in [0.3, 0.4) is 0 Å².